The Morgan fingerprint density at radius 1 is 0.846 bits per heavy atom. The zero-order valence-corrected chi connectivity index (χ0v) is 19.8. The quantitative estimate of drug-likeness (QED) is 0.129. The minimum Gasteiger partial charge on any atom is -0.493 e. The number of nitrogens with zero attached hydrogens (tertiary/aromatic N) is 1. The summed E-state index contributed by atoms with van der Waals surface area (Å²) in [5.41, 5.74) is -1.81. The van der Waals surface area contributed by atoms with Gasteiger partial charge in [-0.05, 0) is 54.1 Å². The van der Waals surface area contributed by atoms with E-state index < -0.39 is 35.4 Å². The van der Waals surface area contributed by atoms with Crippen molar-refractivity contribution in [2.45, 2.75) is 18.8 Å². The van der Waals surface area contributed by atoms with Gasteiger partial charge < -0.3 is 20.0 Å². The van der Waals surface area contributed by atoms with Crippen LogP contribution in [0.3, 0.4) is 0 Å². The first kappa shape index (κ1) is 29.0. The molecule has 0 atom stereocenters. The fraction of sp³-hybridized carbons (Fsp3) is 0.192. The number of hydrogen-bond acceptors (Lipinski definition) is 5. The highest BCUT2D eigenvalue weighted by Gasteiger charge is 2.31. The Morgan fingerprint density at radius 3 is 2.00 bits per heavy atom. The van der Waals surface area contributed by atoms with Crippen LogP contribution in [-0.4, -0.2) is 36.4 Å². The number of hydrogen-bond donors (Lipinski definition) is 2. The molecule has 206 valence electrons. The zero-order chi connectivity index (χ0) is 28.6. The van der Waals surface area contributed by atoms with Crippen LogP contribution >= 0.6 is 0 Å². The molecule has 0 aliphatic rings. The van der Waals surface area contributed by atoms with Gasteiger partial charge >= 0.3 is 18.3 Å². The number of amides is 1. The van der Waals surface area contributed by atoms with Crippen LogP contribution in [0, 0.1) is 0 Å². The monoisotopic (exact) mass is 554 g/mol. The van der Waals surface area contributed by atoms with E-state index in [2.05, 4.69) is 10.5 Å². The van der Waals surface area contributed by atoms with Crippen molar-refractivity contribution in [1.82, 2.24) is 0 Å². The Labute approximate surface area is 217 Å². The lowest BCUT2D eigenvalue weighted by Gasteiger charge is -2.12. The first-order valence-electron chi connectivity index (χ1n) is 11.2. The Bertz CT molecular complexity index is 1320. The molecule has 7 nitrogen and oxygen atoms in total. The van der Waals surface area contributed by atoms with E-state index in [1.54, 1.807) is 0 Å². The largest absolute Gasteiger partial charge is 0.493 e. The second-order valence-electron chi connectivity index (χ2n) is 7.93. The van der Waals surface area contributed by atoms with Crippen molar-refractivity contribution in [3.63, 3.8) is 0 Å². The van der Waals surface area contributed by atoms with E-state index in [1.807, 2.05) is 0 Å². The van der Waals surface area contributed by atoms with Gasteiger partial charge in [-0.1, -0.05) is 17.3 Å². The van der Waals surface area contributed by atoms with Gasteiger partial charge in [0.2, 0.25) is 0 Å². The summed E-state index contributed by atoms with van der Waals surface area (Å²) in [5, 5.41) is 15.4. The summed E-state index contributed by atoms with van der Waals surface area (Å²) in [7, 11) is 0. The summed E-state index contributed by atoms with van der Waals surface area (Å²) in [6.07, 6.45) is -7.42. The molecule has 0 radical (unpaired) electrons. The number of anilines is 1. The second-order valence-corrected chi connectivity index (χ2v) is 7.93. The van der Waals surface area contributed by atoms with Crippen molar-refractivity contribution < 1.29 is 50.6 Å². The summed E-state index contributed by atoms with van der Waals surface area (Å²) < 4.78 is 81.4. The molecule has 0 aliphatic carbocycles. The normalized spacial score (nSPS) is 11.8. The van der Waals surface area contributed by atoms with Crippen LogP contribution in [0.4, 0.5) is 32.0 Å². The van der Waals surface area contributed by atoms with Gasteiger partial charge in [0.25, 0.3) is 5.91 Å². The first-order valence-corrected chi connectivity index (χ1v) is 11.2. The van der Waals surface area contributed by atoms with Gasteiger partial charge in [0, 0.05) is 18.1 Å². The molecule has 3 aromatic rings. The number of ether oxygens (including phenoxy) is 1. The van der Waals surface area contributed by atoms with Gasteiger partial charge in [-0.2, -0.15) is 26.3 Å². The molecule has 0 saturated carbocycles. The molecule has 0 saturated heterocycles. The van der Waals surface area contributed by atoms with Crippen LogP contribution in [-0.2, 0) is 17.2 Å². The lowest BCUT2D eigenvalue weighted by atomic mass is 10.1. The van der Waals surface area contributed by atoms with E-state index in [0.29, 0.717) is 12.0 Å². The predicted molar refractivity (Wildman–Crippen MR) is 128 cm³/mol. The number of nitrogens with one attached hydrogen (secondary N) is 1. The molecule has 0 aliphatic heterocycles. The first-order chi connectivity index (χ1) is 18.3. The van der Waals surface area contributed by atoms with Gasteiger partial charge in [0.1, 0.15) is 12.4 Å². The molecular formula is C26H20F6N2O5. The molecule has 3 rings (SSSR count). The summed E-state index contributed by atoms with van der Waals surface area (Å²) in [6, 6.07) is 11.6. The maximum atomic E-state index is 12.7. The van der Waals surface area contributed by atoms with E-state index in [1.165, 1.54) is 36.5 Å². The third-order valence-corrected chi connectivity index (χ3v) is 5.11. The van der Waals surface area contributed by atoms with E-state index in [4.69, 9.17) is 9.57 Å². The molecule has 0 aromatic heterocycles. The molecule has 0 bridgehead atoms. The number of aromatic carboxylic acids is 1. The van der Waals surface area contributed by atoms with Crippen molar-refractivity contribution in [1.29, 1.82) is 0 Å². The third kappa shape index (κ3) is 8.48. The molecule has 13 heteroatoms. The number of carbonyl (C=O) groups excluding carboxylic acids is 1. The average molecular weight is 554 g/mol. The van der Waals surface area contributed by atoms with Crippen molar-refractivity contribution in [2.75, 3.05) is 18.5 Å². The SMILES string of the molecule is O=C(Nc1cc(OCCCO/N=C/c2ccc(C(F)(F)F)cc2)ccc1C(=O)O)c1ccc(C(F)(F)F)cc1. The molecule has 0 fully saturated rings. The minimum absolute atomic E-state index is 0.0991. The van der Waals surface area contributed by atoms with Gasteiger partial charge in [0.15, 0.2) is 0 Å². The molecule has 0 unspecified atom stereocenters. The molecule has 2 N–H and O–H groups in total. The highest BCUT2D eigenvalue weighted by molar-refractivity contribution is 6.07. The second kappa shape index (κ2) is 12.3. The van der Waals surface area contributed by atoms with Gasteiger partial charge in [-0.25, -0.2) is 4.79 Å². The number of alkyl halides is 6. The topological polar surface area (TPSA) is 97.2 Å². The van der Waals surface area contributed by atoms with Crippen LogP contribution in [0.5, 0.6) is 5.75 Å². The Hall–Kier alpha value is -4.55. The summed E-state index contributed by atoms with van der Waals surface area (Å²) in [4.78, 5) is 29.1. The van der Waals surface area contributed by atoms with Gasteiger partial charge in [-0.15, -0.1) is 0 Å². The van der Waals surface area contributed by atoms with E-state index in [9.17, 15) is 41.0 Å². The summed E-state index contributed by atoms with van der Waals surface area (Å²) >= 11 is 0. The lowest BCUT2D eigenvalue weighted by Crippen LogP contribution is -2.15. The van der Waals surface area contributed by atoms with Crippen LogP contribution in [0.25, 0.3) is 0 Å². The summed E-state index contributed by atoms with van der Waals surface area (Å²) in [6.45, 7) is 0.205. The molecule has 39 heavy (non-hydrogen) atoms. The number of carbonyl (C=O) groups is 2. The van der Waals surface area contributed by atoms with Crippen LogP contribution < -0.4 is 10.1 Å². The third-order valence-electron chi connectivity index (χ3n) is 5.11. The summed E-state index contributed by atoms with van der Waals surface area (Å²) in [5.74, 6) is -1.96. The smallest absolute Gasteiger partial charge is 0.416 e. The molecule has 0 heterocycles. The average Bonchev–Trinajstić information content (AvgIpc) is 2.87. The van der Waals surface area contributed by atoms with Crippen LogP contribution in [0.15, 0.2) is 71.9 Å². The fourth-order valence-electron chi connectivity index (χ4n) is 3.13. The maximum absolute atomic E-state index is 12.7. The number of benzene rings is 3. The standard InChI is InChI=1S/C26H20F6N2O5/c27-25(28,29)18-6-2-16(3-7-18)15-33-39-13-1-12-38-20-10-11-21(24(36)37)22(14-20)34-23(35)17-4-8-19(9-5-17)26(30,31)32/h2-11,14-15H,1,12-13H2,(H,34,35)(H,36,37)/b33-15+. The van der Waals surface area contributed by atoms with Gasteiger partial charge in [0.05, 0.1) is 35.2 Å². The Kier molecular flexibility index (Phi) is 9.17. The van der Waals surface area contributed by atoms with E-state index in [-0.39, 0.29) is 35.8 Å². The Morgan fingerprint density at radius 2 is 1.44 bits per heavy atom. The molecule has 3 aromatic carbocycles. The van der Waals surface area contributed by atoms with Crippen molar-refractivity contribution in [3.8, 4) is 5.75 Å². The minimum atomic E-state index is -4.57. The fourth-order valence-corrected chi connectivity index (χ4v) is 3.13. The number of carboxylic acids is 1. The lowest BCUT2D eigenvalue weighted by molar-refractivity contribution is -0.138. The van der Waals surface area contributed by atoms with Crippen molar-refractivity contribution in [2.24, 2.45) is 5.16 Å². The predicted octanol–water partition coefficient (Wildman–Crippen LogP) is 6.49. The van der Waals surface area contributed by atoms with Crippen molar-refractivity contribution >= 4 is 23.8 Å². The van der Waals surface area contributed by atoms with Crippen molar-refractivity contribution in [3.05, 3.63) is 94.5 Å². The number of carboxylic acid groups (broad SMARTS) is 1. The number of oxime groups is 1. The number of rotatable bonds is 10. The zero-order valence-electron chi connectivity index (χ0n) is 19.8. The van der Waals surface area contributed by atoms with E-state index in [0.717, 1.165) is 36.4 Å². The van der Waals surface area contributed by atoms with E-state index >= 15 is 0 Å². The Balaban J connectivity index is 1.52. The maximum Gasteiger partial charge on any atom is 0.416 e. The van der Waals surface area contributed by atoms with Crippen LogP contribution in [0.1, 0.15) is 43.8 Å². The number of halogens is 6. The molecule has 1 amide bonds. The molecule has 0 spiro atoms. The highest BCUT2D eigenvalue weighted by Crippen LogP contribution is 2.30. The van der Waals surface area contributed by atoms with Crippen LogP contribution in [0.2, 0.25) is 0 Å². The molecular weight excluding hydrogens is 534 g/mol. The van der Waals surface area contributed by atoms with Gasteiger partial charge in [-0.3, -0.25) is 4.79 Å². The highest BCUT2D eigenvalue weighted by atomic mass is 19.4.